The Morgan fingerprint density at radius 1 is 1.06 bits per heavy atom. The number of aryl methyl sites for hydroxylation is 1. The highest BCUT2D eigenvalue weighted by Crippen LogP contribution is 2.09. The molecule has 0 radical (unpaired) electrons. The van der Waals surface area contributed by atoms with Crippen LogP contribution in [0.4, 0.5) is 0 Å². The van der Waals surface area contributed by atoms with Crippen molar-refractivity contribution in [1.82, 2.24) is 5.32 Å². The zero-order valence-corrected chi connectivity index (χ0v) is 10.7. The van der Waals surface area contributed by atoms with Crippen molar-refractivity contribution in [2.45, 2.75) is 51.5 Å². The number of hydrogen-bond donors (Lipinski definition) is 1. The van der Waals surface area contributed by atoms with Crippen molar-refractivity contribution in [3.63, 3.8) is 0 Å². The minimum absolute atomic E-state index is 0.719. The van der Waals surface area contributed by atoms with E-state index in [1.54, 1.807) is 0 Å². The molecule has 0 saturated heterocycles. The van der Waals surface area contributed by atoms with Crippen LogP contribution in [0.15, 0.2) is 30.3 Å². The fourth-order valence-corrected chi connectivity index (χ4v) is 2.09. The van der Waals surface area contributed by atoms with Gasteiger partial charge in [0.25, 0.3) is 0 Å². The molecule has 1 aromatic rings. The highest BCUT2D eigenvalue weighted by Gasteiger charge is 2.01. The van der Waals surface area contributed by atoms with Crippen LogP contribution in [0.1, 0.15) is 44.6 Å². The van der Waals surface area contributed by atoms with Gasteiger partial charge in [0.15, 0.2) is 0 Å². The fraction of sp³-hybridized carbons (Fsp3) is 0.600. The number of nitrogens with one attached hydrogen (secondary N) is 1. The summed E-state index contributed by atoms with van der Waals surface area (Å²) in [5.74, 6) is 0. The lowest BCUT2D eigenvalue weighted by molar-refractivity contribution is 0.477. The van der Waals surface area contributed by atoms with Crippen molar-refractivity contribution in [1.29, 1.82) is 0 Å². The number of hydrogen-bond acceptors (Lipinski definition) is 1. The normalized spacial score (nSPS) is 12.6. The lowest BCUT2D eigenvalue weighted by atomic mass is 10.0. The van der Waals surface area contributed by atoms with E-state index < -0.39 is 0 Å². The van der Waals surface area contributed by atoms with E-state index in [0.29, 0.717) is 0 Å². The maximum atomic E-state index is 3.36. The monoisotopic (exact) mass is 219 g/mol. The molecule has 1 heteroatoms. The number of rotatable bonds is 8. The van der Waals surface area contributed by atoms with Gasteiger partial charge in [-0.2, -0.15) is 0 Å². The summed E-state index contributed by atoms with van der Waals surface area (Å²) in [4.78, 5) is 0. The third-order valence-corrected chi connectivity index (χ3v) is 3.26. The average molecular weight is 219 g/mol. The maximum Gasteiger partial charge on any atom is 0.00614 e. The largest absolute Gasteiger partial charge is 0.317 e. The summed E-state index contributed by atoms with van der Waals surface area (Å²) in [5, 5.41) is 3.36. The van der Waals surface area contributed by atoms with Crippen LogP contribution in [0.5, 0.6) is 0 Å². The van der Waals surface area contributed by atoms with Crippen LogP contribution in [0.2, 0.25) is 0 Å². The third-order valence-electron chi connectivity index (χ3n) is 3.26. The van der Waals surface area contributed by atoms with Crippen molar-refractivity contribution in [2.24, 2.45) is 0 Å². The summed E-state index contributed by atoms with van der Waals surface area (Å²) in [5.41, 5.74) is 1.48. The van der Waals surface area contributed by atoms with Gasteiger partial charge >= 0.3 is 0 Å². The standard InChI is InChI=1S/C15H25N/c1-3-15(16-2)13-9-5-8-12-14-10-6-4-7-11-14/h4,6-7,10-11,15-16H,3,5,8-9,12-13H2,1-2H3. The van der Waals surface area contributed by atoms with Gasteiger partial charge in [-0.15, -0.1) is 0 Å². The first kappa shape index (κ1) is 13.2. The molecular weight excluding hydrogens is 194 g/mol. The van der Waals surface area contributed by atoms with Crippen molar-refractivity contribution in [3.05, 3.63) is 35.9 Å². The molecule has 1 unspecified atom stereocenters. The van der Waals surface area contributed by atoms with E-state index in [9.17, 15) is 0 Å². The van der Waals surface area contributed by atoms with Crippen LogP contribution in [-0.2, 0) is 6.42 Å². The van der Waals surface area contributed by atoms with Crippen LogP contribution in [0, 0.1) is 0 Å². The van der Waals surface area contributed by atoms with Crippen LogP contribution in [0.3, 0.4) is 0 Å². The van der Waals surface area contributed by atoms with Crippen LogP contribution in [-0.4, -0.2) is 13.1 Å². The summed E-state index contributed by atoms with van der Waals surface area (Å²) in [6.07, 6.45) is 7.83. The Hall–Kier alpha value is -0.820. The SMILES string of the molecule is CCC(CCCCCc1ccccc1)NC. The second kappa shape index (κ2) is 8.35. The van der Waals surface area contributed by atoms with E-state index in [0.717, 1.165) is 6.04 Å². The highest BCUT2D eigenvalue weighted by atomic mass is 14.9. The van der Waals surface area contributed by atoms with E-state index in [1.165, 1.54) is 44.1 Å². The molecule has 1 nitrogen and oxygen atoms in total. The van der Waals surface area contributed by atoms with Gasteiger partial charge in [-0.05, 0) is 38.3 Å². The molecule has 0 spiro atoms. The Morgan fingerprint density at radius 2 is 1.81 bits per heavy atom. The zero-order chi connectivity index (χ0) is 11.6. The Bertz CT molecular complexity index is 251. The van der Waals surface area contributed by atoms with Gasteiger partial charge in [-0.1, -0.05) is 50.1 Å². The van der Waals surface area contributed by atoms with E-state index in [1.807, 2.05) is 0 Å². The minimum Gasteiger partial charge on any atom is -0.317 e. The first-order valence-electron chi connectivity index (χ1n) is 6.58. The summed E-state index contributed by atoms with van der Waals surface area (Å²) >= 11 is 0. The zero-order valence-electron chi connectivity index (χ0n) is 10.7. The van der Waals surface area contributed by atoms with Gasteiger partial charge in [0.2, 0.25) is 0 Å². The summed E-state index contributed by atoms with van der Waals surface area (Å²) in [6.45, 7) is 2.26. The van der Waals surface area contributed by atoms with Crippen LogP contribution >= 0.6 is 0 Å². The molecule has 0 saturated carbocycles. The summed E-state index contributed by atoms with van der Waals surface area (Å²) in [6, 6.07) is 11.5. The van der Waals surface area contributed by atoms with Crippen molar-refractivity contribution in [2.75, 3.05) is 7.05 Å². The lowest BCUT2D eigenvalue weighted by Gasteiger charge is -2.12. The van der Waals surface area contributed by atoms with Crippen LogP contribution < -0.4 is 5.32 Å². The molecule has 0 aliphatic rings. The smallest absolute Gasteiger partial charge is 0.00614 e. The Morgan fingerprint density at radius 3 is 2.44 bits per heavy atom. The molecule has 0 aliphatic heterocycles. The van der Waals surface area contributed by atoms with Gasteiger partial charge in [0, 0.05) is 6.04 Å². The molecular formula is C15H25N. The molecule has 0 amide bonds. The number of benzene rings is 1. The van der Waals surface area contributed by atoms with E-state index >= 15 is 0 Å². The molecule has 0 bridgehead atoms. The molecule has 1 aromatic carbocycles. The molecule has 0 aromatic heterocycles. The topological polar surface area (TPSA) is 12.0 Å². The second-order valence-electron chi connectivity index (χ2n) is 4.48. The van der Waals surface area contributed by atoms with E-state index in [-0.39, 0.29) is 0 Å². The molecule has 1 N–H and O–H groups in total. The van der Waals surface area contributed by atoms with Gasteiger partial charge in [-0.25, -0.2) is 0 Å². The Labute approximate surface area is 100 Å². The predicted octanol–water partition coefficient (Wildman–Crippen LogP) is 3.79. The van der Waals surface area contributed by atoms with Gasteiger partial charge in [-0.3, -0.25) is 0 Å². The van der Waals surface area contributed by atoms with Gasteiger partial charge in [0.1, 0.15) is 0 Å². The molecule has 0 fully saturated rings. The van der Waals surface area contributed by atoms with Gasteiger partial charge in [0.05, 0.1) is 0 Å². The first-order valence-corrected chi connectivity index (χ1v) is 6.58. The van der Waals surface area contributed by atoms with Crippen molar-refractivity contribution in [3.8, 4) is 0 Å². The number of unbranched alkanes of at least 4 members (excludes halogenated alkanes) is 2. The second-order valence-corrected chi connectivity index (χ2v) is 4.48. The molecule has 0 heterocycles. The van der Waals surface area contributed by atoms with Crippen LogP contribution in [0.25, 0.3) is 0 Å². The Kier molecular flexibility index (Phi) is 6.91. The van der Waals surface area contributed by atoms with Crippen molar-refractivity contribution >= 4 is 0 Å². The quantitative estimate of drug-likeness (QED) is 0.656. The van der Waals surface area contributed by atoms with E-state index in [2.05, 4.69) is 49.6 Å². The Balaban J connectivity index is 2.04. The third kappa shape index (κ3) is 5.32. The highest BCUT2D eigenvalue weighted by molar-refractivity contribution is 5.14. The molecule has 1 rings (SSSR count). The predicted molar refractivity (Wildman–Crippen MR) is 71.8 cm³/mol. The fourth-order valence-electron chi connectivity index (χ4n) is 2.09. The minimum atomic E-state index is 0.719. The lowest BCUT2D eigenvalue weighted by Crippen LogP contribution is -2.23. The summed E-state index contributed by atoms with van der Waals surface area (Å²) < 4.78 is 0. The van der Waals surface area contributed by atoms with E-state index in [4.69, 9.17) is 0 Å². The summed E-state index contributed by atoms with van der Waals surface area (Å²) in [7, 11) is 2.07. The molecule has 90 valence electrons. The van der Waals surface area contributed by atoms with Crippen molar-refractivity contribution < 1.29 is 0 Å². The van der Waals surface area contributed by atoms with Gasteiger partial charge < -0.3 is 5.32 Å². The molecule has 0 aliphatic carbocycles. The maximum absolute atomic E-state index is 3.36. The molecule has 16 heavy (non-hydrogen) atoms. The first-order chi connectivity index (χ1) is 7.86. The molecule has 1 atom stereocenters. The average Bonchev–Trinajstić information content (AvgIpc) is 2.35.